The first-order valence-corrected chi connectivity index (χ1v) is 13.0. The number of H-pyrrole nitrogens is 1. The van der Waals surface area contributed by atoms with Crippen molar-refractivity contribution in [1.82, 2.24) is 19.4 Å². The number of fused-ring (bicyclic) bond motifs is 6. The quantitative estimate of drug-likeness (QED) is 0.395. The van der Waals surface area contributed by atoms with Gasteiger partial charge in [0.15, 0.2) is 0 Å². The number of hydrogen-bond donors (Lipinski definition) is 1. The van der Waals surface area contributed by atoms with Crippen LogP contribution in [-0.4, -0.2) is 52.8 Å². The standard InChI is InChI=1S/C25H25ClN4O4S/c1-33-17-5-4-6-18-19(17)15-12-29(11-14(15)13-34-18)9-2-3-10-30-24(31)23-21(28-25(30)32)20-22(35-23)16(26)7-8-27-20/h4-8,14-15H,2-3,9-13H2,1H3,(H,28,32)/t14-,15-/m1/s1. The third-order valence-corrected chi connectivity index (χ3v) is 8.76. The number of ether oxygens (including phenoxy) is 2. The predicted octanol–water partition coefficient (Wildman–Crippen LogP) is 3.85. The van der Waals surface area contributed by atoms with E-state index in [1.54, 1.807) is 19.4 Å². The van der Waals surface area contributed by atoms with Gasteiger partial charge >= 0.3 is 5.69 Å². The zero-order valence-corrected chi connectivity index (χ0v) is 20.8. The van der Waals surface area contributed by atoms with Crippen molar-refractivity contribution < 1.29 is 9.47 Å². The molecular formula is C25H25ClN4O4S. The highest BCUT2D eigenvalue weighted by Crippen LogP contribution is 2.46. The second-order valence-corrected chi connectivity index (χ2v) is 10.6. The molecule has 5 heterocycles. The first kappa shape index (κ1) is 22.6. The summed E-state index contributed by atoms with van der Waals surface area (Å²) in [6.07, 6.45) is 3.21. The number of hydrogen-bond acceptors (Lipinski definition) is 7. The fourth-order valence-corrected chi connectivity index (χ4v) is 6.78. The molecule has 0 saturated carbocycles. The van der Waals surface area contributed by atoms with Crippen LogP contribution in [0.2, 0.25) is 5.02 Å². The summed E-state index contributed by atoms with van der Waals surface area (Å²) in [4.78, 5) is 35.4. The Bertz CT molecular complexity index is 1530. The van der Waals surface area contributed by atoms with E-state index in [2.05, 4.69) is 14.9 Å². The van der Waals surface area contributed by atoms with E-state index in [9.17, 15) is 9.59 Å². The van der Waals surface area contributed by atoms with Gasteiger partial charge in [-0.3, -0.25) is 14.3 Å². The van der Waals surface area contributed by atoms with Crippen LogP contribution in [0.5, 0.6) is 11.5 Å². The van der Waals surface area contributed by atoms with Crippen molar-refractivity contribution in [2.24, 2.45) is 5.92 Å². The van der Waals surface area contributed by atoms with Gasteiger partial charge in [-0.15, -0.1) is 11.3 Å². The lowest BCUT2D eigenvalue weighted by Crippen LogP contribution is -2.34. The van der Waals surface area contributed by atoms with Crippen molar-refractivity contribution in [3.05, 3.63) is 61.9 Å². The molecule has 0 amide bonds. The number of aromatic nitrogens is 3. The number of benzene rings is 1. The molecular weight excluding hydrogens is 488 g/mol. The Labute approximate surface area is 210 Å². The van der Waals surface area contributed by atoms with Gasteiger partial charge in [0.2, 0.25) is 0 Å². The normalized spacial score (nSPS) is 19.6. The van der Waals surface area contributed by atoms with E-state index in [0.29, 0.717) is 43.8 Å². The molecule has 2 atom stereocenters. The van der Waals surface area contributed by atoms with Crippen LogP contribution < -0.4 is 20.7 Å². The first-order chi connectivity index (χ1) is 17.0. The molecule has 4 aromatic rings. The fourth-order valence-electron chi connectivity index (χ4n) is 5.45. The van der Waals surface area contributed by atoms with E-state index in [-0.39, 0.29) is 5.56 Å². The van der Waals surface area contributed by atoms with Crippen LogP contribution in [0.1, 0.15) is 24.3 Å². The maximum absolute atomic E-state index is 13.1. The summed E-state index contributed by atoms with van der Waals surface area (Å²) in [7, 11) is 1.71. The molecule has 0 radical (unpaired) electrons. The molecule has 0 unspecified atom stereocenters. The molecule has 2 aliphatic heterocycles. The maximum atomic E-state index is 13.1. The number of aromatic amines is 1. The van der Waals surface area contributed by atoms with Crippen molar-refractivity contribution in [2.45, 2.75) is 25.3 Å². The van der Waals surface area contributed by atoms with Crippen molar-refractivity contribution in [3.63, 3.8) is 0 Å². The first-order valence-electron chi connectivity index (χ1n) is 11.8. The van der Waals surface area contributed by atoms with E-state index in [0.717, 1.165) is 50.6 Å². The smallest absolute Gasteiger partial charge is 0.328 e. The van der Waals surface area contributed by atoms with Gasteiger partial charge in [-0.25, -0.2) is 4.79 Å². The van der Waals surface area contributed by atoms with Gasteiger partial charge < -0.3 is 19.4 Å². The zero-order valence-electron chi connectivity index (χ0n) is 19.3. The van der Waals surface area contributed by atoms with E-state index < -0.39 is 5.69 Å². The number of methoxy groups -OCH3 is 1. The lowest BCUT2D eigenvalue weighted by atomic mass is 9.86. The largest absolute Gasteiger partial charge is 0.496 e. The van der Waals surface area contributed by atoms with Crippen LogP contribution >= 0.6 is 22.9 Å². The monoisotopic (exact) mass is 512 g/mol. The number of nitrogens with one attached hydrogen (secondary N) is 1. The Hall–Kier alpha value is -2.88. The predicted molar refractivity (Wildman–Crippen MR) is 137 cm³/mol. The molecule has 1 aromatic carbocycles. The number of rotatable bonds is 6. The highest BCUT2D eigenvalue weighted by molar-refractivity contribution is 7.26. The second-order valence-electron chi connectivity index (χ2n) is 9.18. The summed E-state index contributed by atoms with van der Waals surface area (Å²) in [5.74, 6) is 2.67. The van der Waals surface area contributed by atoms with Gasteiger partial charge in [0.1, 0.15) is 21.7 Å². The fraction of sp³-hybridized carbons (Fsp3) is 0.400. The highest BCUT2D eigenvalue weighted by Gasteiger charge is 2.40. The third kappa shape index (κ3) is 3.82. The van der Waals surface area contributed by atoms with Gasteiger partial charge in [-0.1, -0.05) is 17.7 Å². The minimum absolute atomic E-state index is 0.282. The van der Waals surface area contributed by atoms with Crippen LogP contribution in [0.15, 0.2) is 40.1 Å². The van der Waals surface area contributed by atoms with E-state index in [1.165, 1.54) is 21.5 Å². The topological polar surface area (TPSA) is 89.5 Å². The summed E-state index contributed by atoms with van der Waals surface area (Å²) in [6.45, 7) is 3.95. The summed E-state index contributed by atoms with van der Waals surface area (Å²) < 4.78 is 14.1. The van der Waals surface area contributed by atoms with Gasteiger partial charge in [0.25, 0.3) is 5.56 Å². The minimum Gasteiger partial charge on any atom is -0.496 e. The second kappa shape index (κ2) is 8.96. The molecule has 35 heavy (non-hydrogen) atoms. The van der Waals surface area contributed by atoms with E-state index in [4.69, 9.17) is 21.1 Å². The Morgan fingerprint density at radius 2 is 2.06 bits per heavy atom. The van der Waals surface area contributed by atoms with Crippen molar-refractivity contribution in [3.8, 4) is 11.5 Å². The summed E-state index contributed by atoms with van der Waals surface area (Å²) in [6, 6.07) is 7.67. The van der Waals surface area contributed by atoms with Crippen molar-refractivity contribution >= 4 is 43.4 Å². The number of nitrogens with zero attached hydrogens (tertiary/aromatic N) is 3. The van der Waals surface area contributed by atoms with Gasteiger partial charge in [-0.05, 0) is 37.6 Å². The van der Waals surface area contributed by atoms with Gasteiger partial charge in [0.05, 0.1) is 29.0 Å². The number of pyridine rings is 1. The molecule has 10 heteroatoms. The third-order valence-electron chi connectivity index (χ3n) is 7.13. The average Bonchev–Trinajstić information content (AvgIpc) is 3.45. The van der Waals surface area contributed by atoms with Crippen molar-refractivity contribution in [1.29, 1.82) is 0 Å². The van der Waals surface area contributed by atoms with E-state index >= 15 is 0 Å². The molecule has 182 valence electrons. The molecule has 8 nitrogen and oxygen atoms in total. The number of unbranched alkanes of at least 4 members (excludes halogenated alkanes) is 1. The Morgan fingerprint density at radius 3 is 2.91 bits per heavy atom. The Balaban J connectivity index is 1.13. The molecule has 0 spiro atoms. The number of likely N-dealkylation sites (tertiary alicyclic amines) is 1. The molecule has 1 fully saturated rings. The molecule has 2 aliphatic rings. The van der Waals surface area contributed by atoms with Crippen LogP contribution in [0, 0.1) is 5.92 Å². The van der Waals surface area contributed by atoms with Gasteiger partial charge in [-0.2, -0.15) is 0 Å². The SMILES string of the molecule is COc1cccc2c1[C@@H]1CN(CCCCn3c(=O)[nH]c4c(sc5c(Cl)ccnc54)c3=O)C[C@@H]1CO2. The lowest BCUT2D eigenvalue weighted by molar-refractivity contribution is 0.209. The highest BCUT2D eigenvalue weighted by atomic mass is 35.5. The van der Waals surface area contributed by atoms with E-state index in [1.807, 2.05) is 18.2 Å². The number of thiophene rings is 1. The Kier molecular flexibility index (Phi) is 5.78. The van der Waals surface area contributed by atoms with Crippen LogP contribution in [0.3, 0.4) is 0 Å². The minimum atomic E-state index is -0.406. The summed E-state index contributed by atoms with van der Waals surface area (Å²) >= 11 is 7.54. The van der Waals surface area contributed by atoms with Crippen LogP contribution in [-0.2, 0) is 6.54 Å². The van der Waals surface area contributed by atoms with Crippen LogP contribution in [0.4, 0.5) is 0 Å². The molecule has 1 N–H and O–H groups in total. The maximum Gasteiger partial charge on any atom is 0.328 e. The number of halogens is 1. The average molecular weight is 513 g/mol. The lowest BCUT2D eigenvalue weighted by Gasteiger charge is -2.29. The molecule has 3 aromatic heterocycles. The summed E-state index contributed by atoms with van der Waals surface area (Å²) in [5, 5.41) is 0.528. The molecule has 1 saturated heterocycles. The molecule has 0 aliphatic carbocycles. The summed E-state index contributed by atoms with van der Waals surface area (Å²) in [5.41, 5.74) is 1.53. The van der Waals surface area contributed by atoms with Crippen molar-refractivity contribution in [2.75, 3.05) is 33.4 Å². The zero-order chi connectivity index (χ0) is 24.1. The van der Waals surface area contributed by atoms with Gasteiger partial charge in [0, 0.05) is 43.2 Å². The molecule has 6 rings (SSSR count). The Morgan fingerprint density at radius 1 is 1.20 bits per heavy atom. The van der Waals surface area contributed by atoms with Crippen LogP contribution in [0.25, 0.3) is 20.4 Å². The molecule has 0 bridgehead atoms.